The topological polar surface area (TPSA) is 41.6 Å². The predicted molar refractivity (Wildman–Crippen MR) is 66.4 cm³/mol. The third-order valence-corrected chi connectivity index (χ3v) is 2.82. The first kappa shape index (κ1) is 12.3. The van der Waals surface area contributed by atoms with Crippen LogP contribution in [0.15, 0.2) is 30.6 Å². The Hall–Kier alpha value is -2.15. The summed E-state index contributed by atoms with van der Waals surface area (Å²) < 4.78 is 15.8. The van der Waals surface area contributed by atoms with E-state index >= 15 is 0 Å². The molecule has 1 aromatic carbocycles. The fourth-order valence-electron chi connectivity index (χ4n) is 1.91. The SMILES string of the molecule is CCCc1nccn1Cc1cccc(C#N)c1F. The zero-order valence-electron chi connectivity index (χ0n) is 10.2. The largest absolute Gasteiger partial charge is 0.330 e. The molecule has 18 heavy (non-hydrogen) atoms. The highest BCUT2D eigenvalue weighted by Gasteiger charge is 2.09. The van der Waals surface area contributed by atoms with Gasteiger partial charge < -0.3 is 4.57 Å². The van der Waals surface area contributed by atoms with Crippen molar-refractivity contribution in [1.29, 1.82) is 5.26 Å². The first-order chi connectivity index (χ1) is 8.76. The van der Waals surface area contributed by atoms with Gasteiger partial charge >= 0.3 is 0 Å². The molecule has 2 aromatic rings. The molecule has 0 bridgehead atoms. The third kappa shape index (κ3) is 2.40. The number of imidazole rings is 1. The number of aryl methyl sites for hydroxylation is 1. The van der Waals surface area contributed by atoms with E-state index in [0.29, 0.717) is 12.1 Å². The molecule has 0 spiro atoms. The van der Waals surface area contributed by atoms with Gasteiger partial charge in [-0.1, -0.05) is 19.1 Å². The summed E-state index contributed by atoms with van der Waals surface area (Å²) in [6.45, 7) is 2.49. The Morgan fingerprint density at radius 1 is 1.44 bits per heavy atom. The van der Waals surface area contributed by atoms with Crippen LogP contribution in [0.1, 0.15) is 30.3 Å². The minimum absolute atomic E-state index is 0.0876. The summed E-state index contributed by atoms with van der Waals surface area (Å²) in [4.78, 5) is 4.25. The van der Waals surface area contributed by atoms with Crippen LogP contribution in [0.2, 0.25) is 0 Å². The average Bonchev–Trinajstić information content (AvgIpc) is 2.80. The molecule has 92 valence electrons. The van der Waals surface area contributed by atoms with Gasteiger partial charge in [0, 0.05) is 24.4 Å². The van der Waals surface area contributed by atoms with Gasteiger partial charge in [-0.15, -0.1) is 0 Å². The Labute approximate surface area is 106 Å². The van der Waals surface area contributed by atoms with Crippen LogP contribution < -0.4 is 0 Å². The highest BCUT2D eigenvalue weighted by Crippen LogP contribution is 2.14. The number of aromatic nitrogens is 2. The minimum atomic E-state index is -0.434. The Bertz CT molecular complexity index is 581. The second-order valence-corrected chi connectivity index (χ2v) is 4.11. The van der Waals surface area contributed by atoms with Crippen molar-refractivity contribution in [2.75, 3.05) is 0 Å². The van der Waals surface area contributed by atoms with Gasteiger partial charge in [0.25, 0.3) is 0 Å². The van der Waals surface area contributed by atoms with Crippen LogP contribution in [0.25, 0.3) is 0 Å². The fraction of sp³-hybridized carbons (Fsp3) is 0.286. The number of hydrogen-bond acceptors (Lipinski definition) is 2. The number of halogens is 1. The molecule has 0 aliphatic carbocycles. The monoisotopic (exact) mass is 243 g/mol. The van der Waals surface area contributed by atoms with E-state index in [0.717, 1.165) is 18.7 Å². The molecule has 1 aromatic heterocycles. The van der Waals surface area contributed by atoms with Crippen LogP contribution in [0.5, 0.6) is 0 Å². The number of nitriles is 1. The van der Waals surface area contributed by atoms with Gasteiger partial charge in [-0.05, 0) is 12.5 Å². The Morgan fingerprint density at radius 3 is 3.00 bits per heavy atom. The lowest BCUT2D eigenvalue weighted by Gasteiger charge is -2.08. The van der Waals surface area contributed by atoms with Crippen molar-refractivity contribution in [2.45, 2.75) is 26.3 Å². The zero-order valence-corrected chi connectivity index (χ0v) is 10.2. The van der Waals surface area contributed by atoms with Gasteiger partial charge in [-0.2, -0.15) is 5.26 Å². The number of rotatable bonds is 4. The molecular formula is C14H14FN3. The van der Waals surface area contributed by atoms with Gasteiger partial charge in [0.2, 0.25) is 0 Å². The van der Waals surface area contributed by atoms with Crippen LogP contribution in [0.4, 0.5) is 4.39 Å². The maximum Gasteiger partial charge on any atom is 0.145 e. The van der Waals surface area contributed by atoms with E-state index in [1.165, 1.54) is 6.07 Å². The quantitative estimate of drug-likeness (QED) is 0.828. The molecule has 4 heteroatoms. The molecule has 0 saturated carbocycles. The molecule has 0 radical (unpaired) electrons. The number of nitrogens with zero attached hydrogens (tertiary/aromatic N) is 3. The van der Waals surface area contributed by atoms with Crippen LogP contribution >= 0.6 is 0 Å². The highest BCUT2D eigenvalue weighted by molar-refractivity contribution is 5.35. The molecule has 3 nitrogen and oxygen atoms in total. The van der Waals surface area contributed by atoms with Crippen LogP contribution in [-0.2, 0) is 13.0 Å². The molecule has 0 saturated heterocycles. The molecular weight excluding hydrogens is 229 g/mol. The standard InChI is InChI=1S/C14H14FN3/c1-2-4-13-17-7-8-18(13)10-12-6-3-5-11(9-16)14(12)15/h3,5-8H,2,4,10H2,1H3. The summed E-state index contributed by atoms with van der Waals surface area (Å²) in [6.07, 6.45) is 5.42. The minimum Gasteiger partial charge on any atom is -0.330 e. The molecule has 0 aliphatic heterocycles. The second kappa shape index (κ2) is 5.46. The van der Waals surface area contributed by atoms with Crippen LogP contribution in [-0.4, -0.2) is 9.55 Å². The molecule has 0 N–H and O–H groups in total. The molecule has 1 heterocycles. The van der Waals surface area contributed by atoms with E-state index in [9.17, 15) is 4.39 Å². The molecule has 0 atom stereocenters. The Kier molecular flexibility index (Phi) is 3.73. The van der Waals surface area contributed by atoms with E-state index in [4.69, 9.17) is 5.26 Å². The van der Waals surface area contributed by atoms with Gasteiger partial charge in [0.05, 0.1) is 12.1 Å². The summed E-state index contributed by atoms with van der Waals surface area (Å²) in [5.74, 6) is 0.510. The van der Waals surface area contributed by atoms with Gasteiger partial charge in [-0.25, -0.2) is 9.37 Å². The maximum atomic E-state index is 13.9. The van der Waals surface area contributed by atoms with Crippen molar-refractivity contribution < 1.29 is 4.39 Å². The number of benzene rings is 1. The van der Waals surface area contributed by atoms with Gasteiger partial charge in [-0.3, -0.25) is 0 Å². The molecule has 0 fully saturated rings. The Balaban J connectivity index is 2.29. The van der Waals surface area contributed by atoms with E-state index in [1.54, 1.807) is 18.3 Å². The van der Waals surface area contributed by atoms with Crippen molar-refractivity contribution >= 4 is 0 Å². The summed E-state index contributed by atoms with van der Waals surface area (Å²) in [5, 5.41) is 8.80. The number of hydrogen-bond donors (Lipinski definition) is 0. The first-order valence-corrected chi connectivity index (χ1v) is 5.93. The zero-order chi connectivity index (χ0) is 13.0. The summed E-state index contributed by atoms with van der Waals surface area (Å²) >= 11 is 0. The lowest BCUT2D eigenvalue weighted by Crippen LogP contribution is -2.06. The Morgan fingerprint density at radius 2 is 2.28 bits per heavy atom. The second-order valence-electron chi connectivity index (χ2n) is 4.11. The maximum absolute atomic E-state index is 13.9. The van der Waals surface area contributed by atoms with Crippen molar-refractivity contribution in [3.05, 3.63) is 53.4 Å². The van der Waals surface area contributed by atoms with E-state index in [2.05, 4.69) is 11.9 Å². The molecule has 0 aliphatic rings. The van der Waals surface area contributed by atoms with Crippen molar-refractivity contribution in [2.24, 2.45) is 0 Å². The third-order valence-electron chi connectivity index (χ3n) is 2.82. The van der Waals surface area contributed by atoms with Gasteiger partial charge in [0.15, 0.2) is 0 Å². The van der Waals surface area contributed by atoms with E-state index in [1.807, 2.05) is 16.8 Å². The lowest BCUT2D eigenvalue weighted by molar-refractivity contribution is 0.590. The summed E-state index contributed by atoms with van der Waals surface area (Å²) in [6, 6.07) is 6.74. The van der Waals surface area contributed by atoms with E-state index < -0.39 is 5.82 Å². The average molecular weight is 243 g/mol. The first-order valence-electron chi connectivity index (χ1n) is 5.93. The van der Waals surface area contributed by atoms with Crippen molar-refractivity contribution in [3.8, 4) is 6.07 Å². The molecule has 2 rings (SSSR count). The van der Waals surface area contributed by atoms with Crippen LogP contribution in [0, 0.1) is 17.1 Å². The van der Waals surface area contributed by atoms with Crippen molar-refractivity contribution in [3.63, 3.8) is 0 Å². The van der Waals surface area contributed by atoms with Crippen LogP contribution in [0.3, 0.4) is 0 Å². The van der Waals surface area contributed by atoms with E-state index in [-0.39, 0.29) is 5.56 Å². The lowest BCUT2D eigenvalue weighted by atomic mass is 10.1. The van der Waals surface area contributed by atoms with Gasteiger partial charge in [0.1, 0.15) is 17.7 Å². The summed E-state index contributed by atoms with van der Waals surface area (Å²) in [5.41, 5.74) is 0.606. The smallest absolute Gasteiger partial charge is 0.145 e. The summed E-state index contributed by atoms with van der Waals surface area (Å²) in [7, 11) is 0. The predicted octanol–water partition coefficient (Wildman–Crippen LogP) is 2.89. The highest BCUT2D eigenvalue weighted by atomic mass is 19.1. The molecule has 0 unspecified atom stereocenters. The fourth-order valence-corrected chi connectivity index (χ4v) is 1.91. The molecule has 0 amide bonds. The van der Waals surface area contributed by atoms with Crippen molar-refractivity contribution in [1.82, 2.24) is 9.55 Å². The normalized spacial score (nSPS) is 10.3.